The molecule has 0 atom stereocenters. The van der Waals surface area contributed by atoms with E-state index in [1.807, 2.05) is 50.4 Å². The van der Waals surface area contributed by atoms with Gasteiger partial charge >= 0.3 is 0 Å². The van der Waals surface area contributed by atoms with E-state index in [1.165, 1.54) is 0 Å². The summed E-state index contributed by atoms with van der Waals surface area (Å²) in [5.74, 6) is 0. The van der Waals surface area contributed by atoms with E-state index in [9.17, 15) is 0 Å². The van der Waals surface area contributed by atoms with Crippen LogP contribution in [0.2, 0.25) is 0 Å². The molecule has 0 saturated carbocycles. The number of hydrogen-bond donors (Lipinski definition) is 1. The Kier molecular flexibility index (Phi) is 3.72. The summed E-state index contributed by atoms with van der Waals surface area (Å²) < 4.78 is 0. The minimum absolute atomic E-state index is 0.689. The Bertz CT molecular complexity index is 626. The van der Waals surface area contributed by atoms with E-state index in [0.29, 0.717) is 5.56 Å². The van der Waals surface area contributed by atoms with Gasteiger partial charge < -0.3 is 10.6 Å². The van der Waals surface area contributed by atoms with Gasteiger partial charge in [-0.3, -0.25) is 0 Å². The van der Waals surface area contributed by atoms with Crippen LogP contribution >= 0.6 is 0 Å². The lowest BCUT2D eigenvalue weighted by molar-refractivity contribution is 0.922. The number of aryl methyl sites for hydroxylation is 1. The number of nitriles is 1. The zero-order valence-electron chi connectivity index (χ0n) is 11.2. The molecule has 0 aliphatic rings. The summed E-state index contributed by atoms with van der Waals surface area (Å²) in [7, 11) is 2.02. The van der Waals surface area contributed by atoms with Crippen LogP contribution in [0.4, 0.5) is 11.4 Å². The predicted molar refractivity (Wildman–Crippen MR) is 78.9 cm³/mol. The molecule has 3 nitrogen and oxygen atoms in total. The van der Waals surface area contributed by atoms with E-state index in [1.54, 1.807) is 0 Å². The van der Waals surface area contributed by atoms with Gasteiger partial charge in [0.2, 0.25) is 0 Å². The Hall–Kier alpha value is -2.47. The van der Waals surface area contributed by atoms with Crippen LogP contribution in [0.3, 0.4) is 0 Å². The summed E-state index contributed by atoms with van der Waals surface area (Å²) >= 11 is 0. The maximum Gasteiger partial charge on any atom is 0.0991 e. The largest absolute Gasteiger partial charge is 0.398 e. The molecule has 0 aliphatic carbocycles. The van der Waals surface area contributed by atoms with Crippen LogP contribution in [-0.2, 0) is 6.54 Å². The Balaban J connectivity index is 2.18. The first kappa shape index (κ1) is 13.0. The van der Waals surface area contributed by atoms with E-state index in [-0.39, 0.29) is 0 Å². The van der Waals surface area contributed by atoms with Crippen molar-refractivity contribution in [1.82, 2.24) is 0 Å². The Morgan fingerprint density at radius 3 is 2.68 bits per heavy atom. The number of anilines is 2. The van der Waals surface area contributed by atoms with Crippen molar-refractivity contribution in [1.29, 1.82) is 5.26 Å². The molecule has 2 aromatic rings. The second-order valence-corrected chi connectivity index (χ2v) is 4.71. The molecule has 0 amide bonds. The molecule has 96 valence electrons. The zero-order chi connectivity index (χ0) is 13.8. The maximum absolute atomic E-state index is 8.90. The molecule has 0 bridgehead atoms. The number of nitrogen functional groups attached to an aromatic ring is 1. The summed E-state index contributed by atoms with van der Waals surface area (Å²) in [6.45, 7) is 2.74. The van der Waals surface area contributed by atoms with Gasteiger partial charge in [0, 0.05) is 25.0 Å². The fourth-order valence-electron chi connectivity index (χ4n) is 1.97. The second kappa shape index (κ2) is 5.45. The van der Waals surface area contributed by atoms with E-state index < -0.39 is 0 Å². The monoisotopic (exact) mass is 251 g/mol. The third kappa shape index (κ3) is 3.05. The molecule has 3 heteroatoms. The molecule has 0 saturated heterocycles. The van der Waals surface area contributed by atoms with E-state index in [0.717, 1.165) is 29.0 Å². The van der Waals surface area contributed by atoms with Crippen LogP contribution in [0.25, 0.3) is 0 Å². The molecule has 0 heterocycles. The molecule has 0 radical (unpaired) electrons. The second-order valence-electron chi connectivity index (χ2n) is 4.71. The summed E-state index contributed by atoms with van der Waals surface area (Å²) in [4.78, 5) is 2.12. The van der Waals surface area contributed by atoms with Gasteiger partial charge in [0.05, 0.1) is 11.6 Å². The van der Waals surface area contributed by atoms with Crippen LogP contribution in [0.5, 0.6) is 0 Å². The van der Waals surface area contributed by atoms with Gasteiger partial charge in [-0.15, -0.1) is 0 Å². The SMILES string of the molecule is Cc1ccc(N(C)Cc2cccc(C#N)c2)cc1N. The van der Waals surface area contributed by atoms with Gasteiger partial charge in [-0.2, -0.15) is 5.26 Å². The average Bonchev–Trinajstić information content (AvgIpc) is 2.42. The molecule has 0 unspecified atom stereocenters. The first-order valence-corrected chi connectivity index (χ1v) is 6.16. The van der Waals surface area contributed by atoms with Gasteiger partial charge in [0.15, 0.2) is 0 Å². The fourth-order valence-corrected chi connectivity index (χ4v) is 1.97. The lowest BCUT2D eigenvalue weighted by Crippen LogP contribution is -2.16. The van der Waals surface area contributed by atoms with Crippen LogP contribution < -0.4 is 10.6 Å². The summed E-state index contributed by atoms with van der Waals surface area (Å²) in [6.07, 6.45) is 0. The Morgan fingerprint density at radius 2 is 2.00 bits per heavy atom. The van der Waals surface area contributed by atoms with Crippen molar-refractivity contribution in [3.05, 3.63) is 59.2 Å². The summed E-state index contributed by atoms with van der Waals surface area (Å²) in [6, 6.07) is 15.9. The maximum atomic E-state index is 8.90. The Morgan fingerprint density at radius 1 is 1.21 bits per heavy atom. The number of nitrogens with zero attached hydrogens (tertiary/aromatic N) is 2. The first-order valence-electron chi connectivity index (χ1n) is 6.16. The molecule has 0 fully saturated rings. The van der Waals surface area contributed by atoms with Crippen molar-refractivity contribution < 1.29 is 0 Å². The number of hydrogen-bond acceptors (Lipinski definition) is 3. The standard InChI is InChI=1S/C16H17N3/c1-12-6-7-15(9-16(12)18)19(2)11-14-5-3-4-13(8-14)10-17/h3-9H,11,18H2,1-2H3. The van der Waals surface area contributed by atoms with Crippen LogP contribution in [0.1, 0.15) is 16.7 Å². The van der Waals surface area contributed by atoms with Crippen molar-refractivity contribution in [2.24, 2.45) is 0 Å². The van der Waals surface area contributed by atoms with Gasteiger partial charge in [0.25, 0.3) is 0 Å². The van der Waals surface area contributed by atoms with Crippen molar-refractivity contribution in [2.45, 2.75) is 13.5 Å². The van der Waals surface area contributed by atoms with Crippen molar-refractivity contribution in [3.63, 3.8) is 0 Å². The highest BCUT2D eigenvalue weighted by molar-refractivity contribution is 5.59. The number of nitrogens with two attached hydrogens (primary N) is 1. The Labute approximate surface area is 113 Å². The van der Waals surface area contributed by atoms with Crippen molar-refractivity contribution >= 4 is 11.4 Å². The van der Waals surface area contributed by atoms with Crippen LogP contribution in [0, 0.1) is 18.3 Å². The molecule has 0 aromatic heterocycles. The quantitative estimate of drug-likeness (QED) is 0.853. The first-order chi connectivity index (χ1) is 9.10. The highest BCUT2D eigenvalue weighted by Gasteiger charge is 2.04. The van der Waals surface area contributed by atoms with Crippen molar-refractivity contribution in [3.8, 4) is 6.07 Å². The highest BCUT2D eigenvalue weighted by Crippen LogP contribution is 2.21. The lowest BCUT2D eigenvalue weighted by atomic mass is 10.1. The number of rotatable bonds is 3. The highest BCUT2D eigenvalue weighted by atomic mass is 15.1. The zero-order valence-corrected chi connectivity index (χ0v) is 11.2. The summed E-state index contributed by atoms with van der Waals surface area (Å²) in [5, 5.41) is 8.90. The number of benzene rings is 2. The topological polar surface area (TPSA) is 53.0 Å². The minimum Gasteiger partial charge on any atom is -0.398 e. The molecule has 0 aliphatic heterocycles. The molecule has 2 N–H and O–H groups in total. The molecular weight excluding hydrogens is 234 g/mol. The predicted octanol–water partition coefficient (Wildman–Crippen LogP) is 3.09. The van der Waals surface area contributed by atoms with Gasteiger partial charge in [-0.05, 0) is 42.3 Å². The fraction of sp³-hybridized carbons (Fsp3) is 0.188. The smallest absolute Gasteiger partial charge is 0.0991 e. The van der Waals surface area contributed by atoms with E-state index in [4.69, 9.17) is 11.0 Å². The third-order valence-electron chi connectivity index (χ3n) is 3.18. The van der Waals surface area contributed by atoms with Crippen molar-refractivity contribution in [2.75, 3.05) is 17.7 Å². The summed E-state index contributed by atoms with van der Waals surface area (Å²) in [5.41, 5.74) is 10.7. The normalized spacial score (nSPS) is 9.95. The lowest BCUT2D eigenvalue weighted by Gasteiger charge is -2.20. The van der Waals surface area contributed by atoms with E-state index >= 15 is 0 Å². The average molecular weight is 251 g/mol. The molecule has 2 rings (SSSR count). The molecule has 0 spiro atoms. The third-order valence-corrected chi connectivity index (χ3v) is 3.18. The molecular formula is C16H17N3. The van der Waals surface area contributed by atoms with Crippen LogP contribution in [0.15, 0.2) is 42.5 Å². The minimum atomic E-state index is 0.689. The molecule has 2 aromatic carbocycles. The van der Waals surface area contributed by atoms with E-state index in [2.05, 4.69) is 17.0 Å². The van der Waals surface area contributed by atoms with Gasteiger partial charge in [0.1, 0.15) is 0 Å². The van der Waals surface area contributed by atoms with Gasteiger partial charge in [-0.1, -0.05) is 18.2 Å². The molecule has 19 heavy (non-hydrogen) atoms. The van der Waals surface area contributed by atoms with Gasteiger partial charge in [-0.25, -0.2) is 0 Å². The van der Waals surface area contributed by atoms with Crippen LogP contribution in [-0.4, -0.2) is 7.05 Å².